The monoisotopic (exact) mass is 385 g/mol. The van der Waals surface area contributed by atoms with E-state index >= 15 is 0 Å². The summed E-state index contributed by atoms with van der Waals surface area (Å²) in [5.41, 5.74) is 4.11. The number of nitrogens with one attached hydrogen (secondary N) is 1. The molecular formula is C21H24ClN3O2. The van der Waals surface area contributed by atoms with Gasteiger partial charge in [0.1, 0.15) is 5.15 Å². The van der Waals surface area contributed by atoms with Crippen molar-refractivity contribution in [2.24, 2.45) is 0 Å². The average molecular weight is 386 g/mol. The Bertz CT molecular complexity index is 857. The van der Waals surface area contributed by atoms with Gasteiger partial charge >= 0.3 is 0 Å². The van der Waals surface area contributed by atoms with E-state index in [1.54, 1.807) is 17.2 Å². The lowest BCUT2D eigenvalue weighted by molar-refractivity contribution is 0.0484. The fourth-order valence-corrected chi connectivity index (χ4v) is 4.34. The Hall–Kier alpha value is -1.95. The third kappa shape index (κ3) is 3.59. The van der Waals surface area contributed by atoms with Gasteiger partial charge in [0.25, 0.3) is 5.91 Å². The first-order chi connectivity index (χ1) is 13.1. The molecule has 0 spiro atoms. The van der Waals surface area contributed by atoms with Gasteiger partial charge in [0.05, 0.1) is 6.10 Å². The summed E-state index contributed by atoms with van der Waals surface area (Å²) in [6.07, 6.45) is 2.77. The van der Waals surface area contributed by atoms with E-state index in [4.69, 9.17) is 11.6 Å². The van der Waals surface area contributed by atoms with Crippen molar-refractivity contribution in [1.29, 1.82) is 0 Å². The summed E-state index contributed by atoms with van der Waals surface area (Å²) in [6, 6.07) is 9.87. The van der Waals surface area contributed by atoms with Gasteiger partial charge in [-0.3, -0.25) is 4.79 Å². The highest BCUT2D eigenvalue weighted by atomic mass is 35.5. The molecule has 2 aliphatic rings. The van der Waals surface area contributed by atoms with Crippen LogP contribution in [0.15, 0.2) is 36.5 Å². The lowest BCUT2D eigenvalue weighted by Crippen LogP contribution is -2.52. The SMILES string of the molecule is CC[C@H]1CN(C[C@@H](O)[C@@H]2Cc3ccccc3CN2)C(=O)c2cc(Cl)ncc21. The molecule has 0 bridgehead atoms. The predicted molar refractivity (Wildman–Crippen MR) is 105 cm³/mol. The molecule has 0 saturated carbocycles. The third-order valence-electron chi connectivity index (χ3n) is 5.78. The van der Waals surface area contributed by atoms with E-state index in [9.17, 15) is 9.90 Å². The molecule has 0 radical (unpaired) electrons. The van der Waals surface area contributed by atoms with Gasteiger partial charge in [0, 0.05) is 43.4 Å². The Morgan fingerprint density at radius 3 is 2.93 bits per heavy atom. The zero-order valence-corrected chi connectivity index (χ0v) is 16.1. The second kappa shape index (κ2) is 7.58. The highest BCUT2D eigenvalue weighted by Gasteiger charge is 2.34. The summed E-state index contributed by atoms with van der Waals surface area (Å²) in [7, 11) is 0. The fraction of sp³-hybridized carbons (Fsp3) is 0.429. The highest BCUT2D eigenvalue weighted by Crippen LogP contribution is 2.31. The zero-order valence-electron chi connectivity index (χ0n) is 15.4. The number of pyridine rings is 1. The van der Waals surface area contributed by atoms with Crippen LogP contribution in [0.2, 0.25) is 5.15 Å². The lowest BCUT2D eigenvalue weighted by Gasteiger charge is -2.37. The maximum absolute atomic E-state index is 13.0. The number of β-amino-alcohol motifs (C(OH)–C–C–N with tert-alkyl or cyclic N) is 1. The Morgan fingerprint density at radius 2 is 2.15 bits per heavy atom. The molecule has 3 atom stereocenters. The quantitative estimate of drug-likeness (QED) is 0.794. The van der Waals surface area contributed by atoms with Crippen LogP contribution in [0.5, 0.6) is 0 Å². The Kier molecular flexibility index (Phi) is 5.17. The van der Waals surface area contributed by atoms with Gasteiger partial charge < -0.3 is 15.3 Å². The summed E-state index contributed by atoms with van der Waals surface area (Å²) >= 11 is 6.01. The first-order valence-corrected chi connectivity index (χ1v) is 9.87. The second-order valence-electron chi connectivity index (χ2n) is 7.44. The number of hydrogen-bond acceptors (Lipinski definition) is 4. The largest absolute Gasteiger partial charge is 0.390 e. The summed E-state index contributed by atoms with van der Waals surface area (Å²) in [6.45, 7) is 3.77. The van der Waals surface area contributed by atoms with Crippen molar-refractivity contribution < 1.29 is 9.90 Å². The van der Waals surface area contributed by atoms with E-state index in [2.05, 4.69) is 29.4 Å². The molecule has 0 fully saturated rings. The molecular weight excluding hydrogens is 362 g/mol. The van der Waals surface area contributed by atoms with Crippen LogP contribution in [0.3, 0.4) is 0 Å². The smallest absolute Gasteiger partial charge is 0.254 e. The standard InChI is InChI=1S/C21H24ClN3O2/c1-2-13-11-25(21(27)16-8-20(22)24-10-17(13)16)12-19(26)18-7-14-5-3-4-6-15(14)9-23-18/h3-6,8,10,13,18-19,23,26H,2,7,9,11-12H2,1H3/t13-,18-,19+/m0/s1. The number of benzene rings is 1. The maximum Gasteiger partial charge on any atom is 0.254 e. The van der Waals surface area contributed by atoms with Gasteiger partial charge in [-0.15, -0.1) is 0 Å². The van der Waals surface area contributed by atoms with E-state index in [0.29, 0.717) is 23.8 Å². The molecule has 6 heteroatoms. The predicted octanol–water partition coefficient (Wildman–Crippen LogP) is 2.76. The molecule has 1 amide bonds. The number of aliphatic hydroxyl groups is 1. The minimum absolute atomic E-state index is 0.0600. The molecule has 1 aromatic heterocycles. The number of hydrogen-bond donors (Lipinski definition) is 2. The average Bonchev–Trinajstić information content (AvgIpc) is 2.69. The van der Waals surface area contributed by atoms with Crippen molar-refractivity contribution in [3.63, 3.8) is 0 Å². The summed E-state index contributed by atoms with van der Waals surface area (Å²) in [5.74, 6) is 0.143. The molecule has 27 heavy (non-hydrogen) atoms. The molecule has 3 heterocycles. The number of rotatable bonds is 4. The van der Waals surface area contributed by atoms with Gasteiger partial charge in [-0.1, -0.05) is 42.8 Å². The minimum atomic E-state index is -0.626. The first kappa shape index (κ1) is 18.4. The van der Waals surface area contributed by atoms with Crippen molar-refractivity contribution in [2.75, 3.05) is 13.1 Å². The molecule has 4 rings (SSSR count). The van der Waals surface area contributed by atoms with Crippen LogP contribution >= 0.6 is 11.6 Å². The van der Waals surface area contributed by atoms with Crippen molar-refractivity contribution in [3.8, 4) is 0 Å². The van der Waals surface area contributed by atoms with Crippen molar-refractivity contribution in [2.45, 2.75) is 44.4 Å². The zero-order chi connectivity index (χ0) is 19.0. The number of carbonyl (C=O) groups excluding carboxylic acids is 1. The maximum atomic E-state index is 13.0. The van der Waals surface area contributed by atoms with Crippen molar-refractivity contribution >= 4 is 17.5 Å². The van der Waals surface area contributed by atoms with Gasteiger partial charge in [-0.2, -0.15) is 0 Å². The van der Waals surface area contributed by atoms with Crippen molar-refractivity contribution in [3.05, 3.63) is 63.9 Å². The molecule has 142 valence electrons. The van der Waals surface area contributed by atoms with E-state index in [-0.39, 0.29) is 17.9 Å². The molecule has 2 aromatic rings. The number of carbonyl (C=O) groups is 1. The van der Waals surface area contributed by atoms with Crippen LogP contribution in [0.25, 0.3) is 0 Å². The molecule has 0 unspecified atom stereocenters. The normalized spacial score (nSPS) is 22.9. The summed E-state index contributed by atoms with van der Waals surface area (Å²) < 4.78 is 0. The molecule has 2 aliphatic heterocycles. The van der Waals surface area contributed by atoms with Gasteiger partial charge in [0.15, 0.2) is 0 Å². The van der Waals surface area contributed by atoms with Crippen molar-refractivity contribution in [1.82, 2.24) is 15.2 Å². The fourth-order valence-electron chi connectivity index (χ4n) is 4.18. The number of aromatic nitrogens is 1. The van der Waals surface area contributed by atoms with Crippen LogP contribution in [0, 0.1) is 0 Å². The molecule has 5 nitrogen and oxygen atoms in total. The van der Waals surface area contributed by atoms with Crippen LogP contribution in [0.1, 0.15) is 46.3 Å². The van der Waals surface area contributed by atoms with E-state index < -0.39 is 6.10 Å². The van der Waals surface area contributed by atoms with Crippen LogP contribution in [-0.4, -0.2) is 46.1 Å². The Balaban J connectivity index is 1.50. The number of nitrogens with zero attached hydrogens (tertiary/aromatic N) is 2. The van der Waals surface area contributed by atoms with E-state index in [1.165, 1.54) is 11.1 Å². The number of amides is 1. The number of aliphatic hydroxyl groups excluding tert-OH is 1. The van der Waals surface area contributed by atoms with Crippen LogP contribution < -0.4 is 5.32 Å². The van der Waals surface area contributed by atoms with Gasteiger partial charge in [-0.05, 0) is 35.6 Å². The number of fused-ring (bicyclic) bond motifs is 2. The molecule has 1 aromatic carbocycles. The molecule has 0 saturated heterocycles. The molecule has 0 aliphatic carbocycles. The van der Waals surface area contributed by atoms with E-state index in [1.807, 2.05) is 12.1 Å². The summed E-state index contributed by atoms with van der Waals surface area (Å²) in [4.78, 5) is 18.9. The second-order valence-corrected chi connectivity index (χ2v) is 7.82. The van der Waals surface area contributed by atoms with Crippen LogP contribution in [-0.2, 0) is 13.0 Å². The summed E-state index contributed by atoms with van der Waals surface area (Å²) in [5, 5.41) is 14.6. The molecule has 2 N–H and O–H groups in total. The van der Waals surface area contributed by atoms with E-state index in [0.717, 1.165) is 24.9 Å². The van der Waals surface area contributed by atoms with Gasteiger partial charge in [-0.25, -0.2) is 4.98 Å². The lowest BCUT2D eigenvalue weighted by atomic mass is 9.88. The third-order valence-corrected chi connectivity index (χ3v) is 5.98. The number of halogens is 1. The highest BCUT2D eigenvalue weighted by molar-refractivity contribution is 6.29. The minimum Gasteiger partial charge on any atom is -0.390 e. The topological polar surface area (TPSA) is 65.5 Å². The first-order valence-electron chi connectivity index (χ1n) is 9.49. The Labute approximate surface area is 164 Å². The van der Waals surface area contributed by atoms with Gasteiger partial charge in [0.2, 0.25) is 0 Å². The Morgan fingerprint density at radius 1 is 1.37 bits per heavy atom. The van der Waals surface area contributed by atoms with Crippen LogP contribution in [0.4, 0.5) is 0 Å².